The molecule has 0 aliphatic rings. The molecule has 0 aromatic heterocycles. The molecule has 0 saturated heterocycles. The third kappa shape index (κ3) is 6.95. The van der Waals surface area contributed by atoms with Crippen molar-refractivity contribution in [2.75, 3.05) is 13.1 Å². The molecule has 0 aliphatic heterocycles. The first-order valence-corrected chi connectivity index (χ1v) is 21.9. The summed E-state index contributed by atoms with van der Waals surface area (Å²) in [6, 6.07) is 0. The maximum Gasteiger partial charge on any atom is 0.139 e. The van der Waals surface area contributed by atoms with Crippen molar-refractivity contribution in [2.24, 2.45) is 0 Å². The van der Waals surface area contributed by atoms with Crippen LogP contribution >= 0.6 is 0 Å². The Morgan fingerprint density at radius 3 is 1.04 bits per heavy atom. The average Bonchev–Trinajstić information content (AvgIpc) is 2.34. The minimum absolute atomic E-state index is 1.23. The highest BCUT2D eigenvalue weighted by Gasteiger charge is 2.37. The molecule has 0 amide bonds. The molecule has 6 heteroatoms. The summed E-state index contributed by atoms with van der Waals surface area (Å²) < 4.78 is 5.72. The van der Waals surface area contributed by atoms with Crippen LogP contribution in [0.3, 0.4) is 0 Å². The first kappa shape index (κ1) is 23.3. The van der Waals surface area contributed by atoms with Crippen LogP contribution in [0.25, 0.3) is 0 Å². The lowest BCUT2D eigenvalue weighted by atomic mass is 10.4. The van der Waals surface area contributed by atoms with Gasteiger partial charge >= 0.3 is 0 Å². The van der Waals surface area contributed by atoms with Gasteiger partial charge in [-0.15, -0.1) is 13.2 Å². The third-order valence-electron chi connectivity index (χ3n) is 4.77. The molecular formula is C17H42N2Si4. The topological polar surface area (TPSA) is 6.48 Å². The van der Waals surface area contributed by atoms with Crippen LogP contribution in [0, 0.1) is 0 Å². The summed E-state index contributed by atoms with van der Waals surface area (Å²) in [6.07, 6.45) is 1.27. The van der Waals surface area contributed by atoms with E-state index in [1.54, 1.807) is 0 Å². The molecule has 0 fully saturated rings. The molecule has 136 valence electrons. The Balaban J connectivity index is 5.12. The number of hydrogen-bond donors (Lipinski definition) is 0. The molecular weight excluding hydrogens is 345 g/mol. The van der Waals surface area contributed by atoms with Crippen molar-refractivity contribution in [1.82, 2.24) is 8.46 Å². The van der Waals surface area contributed by atoms with Crippen molar-refractivity contribution in [3.8, 4) is 0 Å². The SMILES string of the molecule is C=C[Si](C)(C)N(CCCN([Si](C)(C)C)[Si](C)(C)C=C)[Si](C)(C)C. The van der Waals surface area contributed by atoms with E-state index in [0.29, 0.717) is 0 Å². The van der Waals surface area contributed by atoms with E-state index in [4.69, 9.17) is 0 Å². The quantitative estimate of drug-likeness (QED) is 0.457. The van der Waals surface area contributed by atoms with Crippen LogP contribution in [0.1, 0.15) is 6.42 Å². The van der Waals surface area contributed by atoms with Gasteiger partial charge in [-0.25, -0.2) is 0 Å². The van der Waals surface area contributed by atoms with Crippen LogP contribution in [0.4, 0.5) is 0 Å². The van der Waals surface area contributed by atoms with E-state index in [1.807, 2.05) is 0 Å². The predicted octanol–water partition coefficient (Wildman–Crippen LogP) is 5.51. The second kappa shape index (κ2) is 8.10. The Kier molecular flexibility index (Phi) is 8.19. The Hall–Kier alpha value is 0.268. The Bertz CT molecular complexity index is 368. The van der Waals surface area contributed by atoms with Crippen LogP contribution in [-0.4, -0.2) is 54.5 Å². The molecule has 0 saturated carbocycles. The summed E-state index contributed by atoms with van der Waals surface area (Å²) >= 11 is 0. The fraction of sp³-hybridized carbons (Fsp3) is 0.765. The summed E-state index contributed by atoms with van der Waals surface area (Å²) in [5.41, 5.74) is 4.51. The molecule has 0 bridgehead atoms. The van der Waals surface area contributed by atoms with E-state index < -0.39 is 32.9 Å². The van der Waals surface area contributed by atoms with Crippen LogP contribution in [0.2, 0.25) is 65.5 Å². The smallest absolute Gasteiger partial charge is 0.139 e. The summed E-state index contributed by atoms with van der Waals surface area (Å²) in [7, 11) is -5.56. The molecule has 0 aromatic carbocycles. The number of nitrogens with zero attached hydrogens (tertiary/aromatic N) is 2. The lowest BCUT2D eigenvalue weighted by Crippen LogP contribution is -2.62. The van der Waals surface area contributed by atoms with Gasteiger partial charge < -0.3 is 8.46 Å². The zero-order chi connectivity index (χ0) is 18.7. The molecule has 2 nitrogen and oxygen atoms in total. The van der Waals surface area contributed by atoms with Crippen LogP contribution < -0.4 is 0 Å². The first-order chi connectivity index (χ1) is 10.1. The molecule has 23 heavy (non-hydrogen) atoms. The van der Waals surface area contributed by atoms with Crippen LogP contribution in [-0.2, 0) is 0 Å². The number of rotatable bonds is 10. The van der Waals surface area contributed by atoms with Crippen molar-refractivity contribution in [1.29, 1.82) is 0 Å². The minimum atomic E-state index is -1.47. The first-order valence-electron chi connectivity index (χ1n) is 8.92. The van der Waals surface area contributed by atoms with E-state index in [2.05, 4.69) is 98.5 Å². The van der Waals surface area contributed by atoms with Crippen molar-refractivity contribution in [3.63, 3.8) is 0 Å². The fourth-order valence-corrected chi connectivity index (χ4v) is 21.5. The maximum absolute atomic E-state index is 4.13. The summed E-state index contributed by atoms with van der Waals surface area (Å²) in [5, 5.41) is 0. The molecule has 0 N–H and O–H groups in total. The summed E-state index contributed by atoms with van der Waals surface area (Å²) in [6.45, 7) is 35.3. The molecule has 0 atom stereocenters. The lowest BCUT2D eigenvalue weighted by Gasteiger charge is -2.46. The molecule has 0 aliphatic carbocycles. The van der Waals surface area contributed by atoms with E-state index in [1.165, 1.54) is 19.5 Å². The van der Waals surface area contributed by atoms with Gasteiger partial charge in [-0.1, -0.05) is 76.9 Å². The third-order valence-corrected chi connectivity index (χ3v) is 21.2. The molecule has 0 rings (SSSR count). The van der Waals surface area contributed by atoms with Crippen LogP contribution in [0.5, 0.6) is 0 Å². The van der Waals surface area contributed by atoms with Crippen LogP contribution in [0.15, 0.2) is 24.6 Å². The van der Waals surface area contributed by atoms with Gasteiger partial charge in [0, 0.05) is 0 Å². The van der Waals surface area contributed by atoms with Gasteiger partial charge in [-0.05, 0) is 19.5 Å². The lowest BCUT2D eigenvalue weighted by molar-refractivity contribution is 0.517. The van der Waals surface area contributed by atoms with Gasteiger partial charge in [-0.3, -0.25) is 0 Å². The van der Waals surface area contributed by atoms with Crippen molar-refractivity contribution >= 4 is 32.9 Å². The van der Waals surface area contributed by atoms with E-state index in [0.717, 1.165) is 0 Å². The van der Waals surface area contributed by atoms with E-state index >= 15 is 0 Å². The van der Waals surface area contributed by atoms with Crippen molar-refractivity contribution in [3.05, 3.63) is 24.6 Å². The molecule has 0 spiro atoms. The number of hydrogen-bond acceptors (Lipinski definition) is 2. The highest BCUT2D eigenvalue weighted by Crippen LogP contribution is 2.24. The molecule has 0 heterocycles. The van der Waals surface area contributed by atoms with Gasteiger partial charge in [0.1, 0.15) is 32.9 Å². The zero-order valence-electron chi connectivity index (χ0n) is 17.6. The fourth-order valence-electron chi connectivity index (χ4n) is 3.58. The Morgan fingerprint density at radius 2 is 0.870 bits per heavy atom. The highest BCUT2D eigenvalue weighted by molar-refractivity contribution is 6.93. The Labute approximate surface area is 151 Å². The second-order valence-corrected chi connectivity index (χ2v) is 28.9. The van der Waals surface area contributed by atoms with Gasteiger partial charge in [-0.2, -0.15) is 0 Å². The standard InChI is InChI=1S/C17H42N2Si4/c1-13-22(9,10)18(20(3,4)5)16-15-17-19(21(6,7)8)23(11,12)14-2/h13-14H,1-2,15-17H2,3-12H3. The van der Waals surface area contributed by atoms with E-state index in [-0.39, 0.29) is 0 Å². The largest absolute Gasteiger partial charge is 0.343 e. The van der Waals surface area contributed by atoms with Gasteiger partial charge in [0.2, 0.25) is 0 Å². The second-order valence-electron chi connectivity index (χ2n) is 9.71. The highest BCUT2D eigenvalue weighted by atomic mass is 28.4. The predicted molar refractivity (Wildman–Crippen MR) is 120 cm³/mol. The van der Waals surface area contributed by atoms with Gasteiger partial charge in [0.05, 0.1) is 0 Å². The molecule has 0 aromatic rings. The van der Waals surface area contributed by atoms with Crippen molar-refractivity contribution < 1.29 is 0 Å². The summed E-state index contributed by atoms with van der Waals surface area (Å²) in [4.78, 5) is 0. The van der Waals surface area contributed by atoms with Gasteiger partial charge in [0.25, 0.3) is 0 Å². The molecule has 0 radical (unpaired) electrons. The Morgan fingerprint density at radius 1 is 0.609 bits per heavy atom. The summed E-state index contributed by atoms with van der Waals surface area (Å²) in [5.74, 6) is 0. The minimum Gasteiger partial charge on any atom is -0.343 e. The molecule has 0 unspecified atom stereocenters. The van der Waals surface area contributed by atoms with Crippen molar-refractivity contribution in [2.45, 2.75) is 71.9 Å². The zero-order valence-corrected chi connectivity index (χ0v) is 21.6. The maximum atomic E-state index is 4.13. The van der Waals surface area contributed by atoms with E-state index in [9.17, 15) is 0 Å². The normalized spacial score (nSPS) is 14.4. The average molecular weight is 387 g/mol. The van der Waals surface area contributed by atoms with Gasteiger partial charge in [0.15, 0.2) is 0 Å². The monoisotopic (exact) mass is 386 g/mol.